The molecular weight excluding hydrogens is 174 g/mol. The first-order chi connectivity index (χ1) is 6.86. The van der Waals surface area contributed by atoms with E-state index in [0.717, 1.165) is 10.8 Å². The number of benzene rings is 1. The summed E-state index contributed by atoms with van der Waals surface area (Å²) in [6.45, 7) is 0. The van der Waals surface area contributed by atoms with Crippen molar-refractivity contribution in [3.05, 3.63) is 36.0 Å². The van der Waals surface area contributed by atoms with Gasteiger partial charge in [-0.1, -0.05) is 24.3 Å². The van der Waals surface area contributed by atoms with E-state index < -0.39 is 0 Å². The van der Waals surface area contributed by atoms with Crippen LogP contribution in [0.25, 0.3) is 10.8 Å². The quantitative estimate of drug-likeness (QED) is 0.736. The molecule has 1 heterocycles. The molecule has 0 aliphatic heterocycles. The van der Waals surface area contributed by atoms with E-state index in [1.54, 1.807) is 13.2 Å². The highest BCUT2D eigenvalue weighted by Crippen LogP contribution is 2.22. The van der Waals surface area contributed by atoms with Crippen molar-refractivity contribution in [2.24, 2.45) is 0 Å². The average Bonchev–Trinajstić information content (AvgIpc) is 2.27. The van der Waals surface area contributed by atoms with Crippen LogP contribution in [0.2, 0.25) is 0 Å². The molecule has 0 aliphatic rings. The largest absolute Gasteiger partial charge is 0.372 e. The van der Waals surface area contributed by atoms with Crippen LogP contribution in [0.15, 0.2) is 30.5 Å². The number of hydrogen-bond donors (Lipinski definition) is 1. The molecule has 0 saturated carbocycles. The van der Waals surface area contributed by atoms with Crippen molar-refractivity contribution in [3.8, 4) is 6.07 Å². The number of nitrogens with zero attached hydrogens (tertiary/aromatic N) is 2. The maximum Gasteiger partial charge on any atom is 0.144 e. The molecule has 68 valence electrons. The minimum atomic E-state index is 0.602. The predicted molar refractivity (Wildman–Crippen MR) is 56.0 cm³/mol. The van der Waals surface area contributed by atoms with E-state index in [9.17, 15) is 0 Å². The van der Waals surface area contributed by atoms with Gasteiger partial charge in [0, 0.05) is 24.0 Å². The summed E-state index contributed by atoms with van der Waals surface area (Å²) in [5.74, 6) is 0.631. The van der Waals surface area contributed by atoms with Gasteiger partial charge in [0.05, 0.1) is 0 Å². The molecule has 0 aliphatic carbocycles. The number of rotatable bonds is 1. The van der Waals surface area contributed by atoms with Crippen molar-refractivity contribution >= 4 is 16.6 Å². The van der Waals surface area contributed by atoms with Gasteiger partial charge in [-0.2, -0.15) is 5.26 Å². The lowest BCUT2D eigenvalue weighted by Crippen LogP contribution is -1.96. The zero-order valence-electron chi connectivity index (χ0n) is 7.78. The van der Waals surface area contributed by atoms with Crippen LogP contribution in [0.5, 0.6) is 0 Å². The van der Waals surface area contributed by atoms with Gasteiger partial charge < -0.3 is 5.32 Å². The molecule has 0 radical (unpaired) electrons. The summed E-state index contributed by atoms with van der Waals surface area (Å²) in [7, 11) is 1.76. The third-order valence-corrected chi connectivity index (χ3v) is 2.15. The molecule has 14 heavy (non-hydrogen) atoms. The second-order valence-corrected chi connectivity index (χ2v) is 2.93. The Labute approximate surface area is 82.0 Å². The predicted octanol–water partition coefficient (Wildman–Crippen LogP) is 2.15. The zero-order valence-corrected chi connectivity index (χ0v) is 7.78. The molecule has 0 unspecified atom stereocenters. The molecule has 3 heteroatoms. The highest BCUT2D eigenvalue weighted by molar-refractivity contribution is 5.90. The Bertz CT molecular complexity index is 511. The molecule has 0 fully saturated rings. The molecule has 0 bridgehead atoms. The highest BCUT2D eigenvalue weighted by Gasteiger charge is 2.05. The summed E-state index contributed by atoms with van der Waals surface area (Å²) < 4.78 is 0. The monoisotopic (exact) mass is 183 g/mol. The smallest absolute Gasteiger partial charge is 0.144 e. The average molecular weight is 183 g/mol. The van der Waals surface area contributed by atoms with E-state index in [0.29, 0.717) is 11.4 Å². The number of anilines is 1. The van der Waals surface area contributed by atoms with Crippen LogP contribution in [-0.4, -0.2) is 12.0 Å². The van der Waals surface area contributed by atoms with Gasteiger partial charge in [0.2, 0.25) is 0 Å². The molecular formula is C11H9N3. The Morgan fingerprint density at radius 1 is 1.36 bits per heavy atom. The normalized spacial score (nSPS) is 9.71. The summed E-state index contributed by atoms with van der Waals surface area (Å²) in [4.78, 5) is 4.16. The van der Waals surface area contributed by atoms with E-state index in [2.05, 4.69) is 16.4 Å². The van der Waals surface area contributed by atoms with Crippen LogP contribution in [0.4, 0.5) is 5.82 Å². The highest BCUT2D eigenvalue weighted by atomic mass is 15.0. The van der Waals surface area contributed by atoms with Crippen molar-refractivity contribution in [1.82, 2.24) is 4.98 Å². The fourth-order valence-electron chi connectivity index (χ4n) is 1.47. The Morgan fingerprint density at radius 2 is 2.14 bits per heavy atom. The van der Waals surface area contributed by atoms with Gasteiger partial charge in [-0.05, 0) is 0 Å². The first-order valence-corrected chi connectivity index (χ1v) is 4.32. The topological polar surface area (TPSA) is 48.7 Å². The lowest BCUT2D eigenvalue weighted by molar-refractivity contribution is 1.29. The third-order valence-electron chi connectivity index (χ3n) is 2.15. The first kappa shape index (κ1) is 8.52. The summed E-state index contributed by atoms with van der Waals surface area (Å²) >= 11 is 0. The molecule has 1 aromatic heterocycles. The van der Waals surface area contributed by atoms with Gasteiger partial charge in [0.15, 0.2) is 0 Å². The van der Waals surface area contributed by atoms with Crippen LogP contribution >= 0.6 is 0 Å². The van der Waals surface area contributed by atoms with Gasteiger partial charge in [0.25, 0.3) is 0 Å². The third kappa shape index (κ3) is 1.17. The van der Waals surface area contributed by atoms with Crippen molar-refractivity contribution in [1.29, 1.82) is 5.26 Å². The fourth-order valence-corrected chi connectivity index (χ4v) is 1.47. The van der Waals surface area contributed by atoms with Gasteiger partial charge in [0.1, 0.15) is 17.5 Å². The van der Waals surface area contributed by atoms with Crippen LogP contribution < -0.4 is 5.32 Å². The standard InChI is InChI=1S/C11H9N3/c1-13-11-10(6-12)9-5-3-2-4-8(9)7-14-11/h2-5,7H,1H3,(H,13,14). The van der Waals surface area contributed by atoms with Crippen molar-refractivity contribution in [2.75, 3.05) is 12.4 Å². The number of nitrogens with one attached hydrogen (secondary N) is 1. The maximum atomic E-state index is 9.02. The fraction of sp³-hybridized carbons (Fsp3) is 0.0909. The van der Waals surface area contributed by atoms with Crippen LogP contribution in [0, 0.1) is 11.3 Å². The van der Waals surface area contributed by atoms with Gasteiger partial charge in [-0.3, -0.25) is 0 Å². The molecule has 0 spiro atoms. The number of nitriles is 1. The van der Waals surface area contributed by atoms with E-state index in [4.69, 9.17) is 5.26 Å². The van der Waals surface area contributed by atoms with Crippen molar-refractivity contribution in [3.63, 3.8) is 0 Å². The minimum absolute atomic E-state index is 0.602. The van der Waals surface area contributed by atoms with E-state index in [-0.39, 0.29) is 0 Å². The van der Waals surface area contributed by atoms with Gasteiger partial charge in [-0.15, -0.1) is 0 Å². The van der Waals surface area contributed by atoms with Crippen LogP contribution in [-0.2, 0) is 0 Å². The zero-order chi connectivity index (χ0) is 9.97. The molecule has 2 aromatic rings. The van der Waals surface area contributed by atoms with E-state index in [1.807, 2.05) is 24.3 Å². The van der Waals surface area contributed by atoms with Crippen molar-refractivity contribution < 1.29 is 0 Å². The molecule has 0 saturated heterocycles. The maximum absolute atomic E-state index is 9.02. The van der Waals surface area contributed by atoms with Crippen LogP contribution in [0.1, 0.15) is 5.56 Å². The Hall–Kier alpha value is -2.08. The Balaban J connectivity index is 2.85. The summed E-state index contributed by atoms with van der Waals surface area (Å²) in [5.41, 5.74) is 0.602. The molecule has 3 nitrogen and oxygen atoms in total. The molecule has 1 N–H and O–H groups in total. The molecule has 2 rings (SSSR count). The van der Waals surface area contributed by atoms with E-state index >= 15 is 0 Å². The van der Waals surface area contributed by atoms with E-state index in [1.165, 1.54) is 0 Å². The summed E-state index contributed by atoms with van der Waals surface area (Å²) in [6, 6.07) is 9.89. The Morgan fingerprint density at radius 3 is 2.86 bits per heavy atom. The molecule has 0 amide bonds. The van der Waals surface area contributed by atoms with Crippen molar-refractivity contribution in [2.45, 2.75) is 0 Å². The summed E-state index contributed by atoms with van der Waals surface area (Å²) in [5, 5.41) is 13.9. The second kappa shape index (κ2) is 3.35. The number of aromatic nitrogens is 1. The number of hydrogen-bond acceptors (Lipinski definition) is 3. The lowest BCUT2D eigenvalue weighted by atomic mass is 10.1. The van der Waals surface area contributed by atoms with Crippen LogP contribution in [0.3, 0.4) is 0 Å². The Kier molecular flexibility index (Phi) is 2.04. The second-order valence-electron chi connectivity index (χ2n) is 2.93. The number of fused-ring (bicyclic) bond motifs is 1. The lowest BCUT2D eigenvalue weighted by Gasteiger charge is -2.04. The minimum Gasteiger partial charge on any atom is -0.372 e. The molecule has 0 atom stereocenters. The SMILES string of the molecule is CNc1ncc2ccccc2c1C#N. The first-order valence-electron chi connectivity index (χ1n) is 4.32. The summed E-state index contributed by atoms with van der Waals surface area (Å²) in [6.07, 6.45) is 1.77. The number of pyridine rings is 1. The molecule has 1 aromatic carbocycles. The van der Waals surface area contributed by atoms with Gasteiger partial charge >= 0.3 is 0 Å². The van der Waals surface area contributed by atoms with Gasteiger partial charge in [-0.25, -0.2) is 4.98 Å².